The number of carbonyl (C=O) groups excluding carboxylic acids is 1. The Morgan fingerprint density at radius 3 is 2.93 bits per heavy atom. The minimum absolute atomic E-state index is 0.0512. The Bertz CT molecular complexity index is 920. The molecule has 0 saturated carbocycles. The van der Waals surface area contributed by atoms with E-state index in [2.05, 4.69) is 5.32 Å². The monoisotopic (exact) mass is 390 g/mol. The van der Waals surface area contributed by atoms with Crippen molar-refractivity contribution in [1.29, 1.82) is 0 Å². The number of nitrogens with zero attached hydrogens (tertiary/aromatic N) is 1. The van der Waals surface area contributed by atoms with Crippen LogP contribution in [0, 0.1) is 0 Å². The van der Waals surface area contributed by atoms with Gasteiger partial charge in [-0.05, 0) is 47.9 Å². The molecular weight excluding hydrogens is 368 g/mol. The first kappa shape index (κ1) is 19.2. The number of benzene rings is 1. The van der Waals surface area contributed by atoms with Gasteiger partial charge in [-0.1, -0.05) is 6.07 Å². The molecule has 1 aliphatic rings. The second-order valence-electron chi connectivity index (χ2n) is 6.17. The highest BCUT2D eigenvalue weighted by molar-refractivity contribution is 7.89. The van der Waals surface area contributed by atoms with Crippen molar-refractivity contribution >= 4 is 22.0 Å². The van der Waals surface area contributed by atoms with E-state index in [0.717, 1.165) is 16.9 Å². The molecule has 8 heteroatoms. The number of rotatable bonds is 7. The summed E-state index contributed by atoms with van der Waals surface area (Å²) < 4.78 is 36.9. The van der Waals surface area contributed by atoms with Crippen molar-refractivity contribution < 1.29 is 22.4 Å². The number of hydrogen-bond donors (Lipinski definition) is 1. The molecule has 0 spiro atoms. The van der Waals surface area contributed by atoms with Crippen LogP contribution in [0.25, 0.3) is 6.08 Å². The Kier molecular flexibility index (Phi) is 5.98. The lowest BCUT2D eigenvalue weighted by molar-refractivity contribution is -0.116. The number of furan rings is 1. The van der Waals surface area contributed by atoms with E-state index in [9.17, 15) is 13.2 Å². The molecule has 1 amide bonds. The van der Waals surface area contributed by atoms with Gasteiger partial charge in [-0.25, -0.2) is 8.42 Å². The van der Waals surface area contributed by atoms with Crippen molar-refractivity contribution in [1.82, 2.24) is 9.62 Å². The van der Waals surface area contributed by atoms with Gasteiger partial charge in [-0.3, -0.25) is 4.79 Å². The number of methoxy groups -OCH3 is 1. The lowest BCUT2D eigenvalue weighted by Gasteiger charge is -2.28. The van der Waals surface area contributed by atoms with E-state index in [0.29, 0.717) is 25.3 Å². The maximum atomic E-state index is 12.6. The summed E-state index contributed by atoms with van der Waals surface area (Å²) in [4.78, 5) is 11.8. The molecule has 0 saturated heterocycles. The third-order valence-electron chi connectivity index (χ3n) is 4.39. The minimum atomic E-state index is -3.45. The van der Waals surface area contributed by atoms with Gasteiger partial charge in [0.15, 0.2) is 0 Å². The highest BCUT2D eigenvalue weighted by Gasteiger charge is 2.26. The van der Waals surface area contributed by atoms with Gasteiger partial charge < -0.3 is 14.5 Å². The van der Waals surface area contributed by atoms with E-state index < -0.39 is 10.0 Å². The van der Waals surface area contributed by atoms with E-state index in [1.165, 1.54) is 22.7 Å². The first-order chi connectivity index (χ1) is 13.0. The van der Waals surface area contributed by atoms with Gasteiger partial charge in [0.1, 0.15) is 11.5 Å². The summed E-state index contributed by atoms with van der Waals surface area (Å²) in [5, 5.41) is 2.58. The molecule has 7 nitrogen and oxygen atoms in total. The van der Waals surface area contributed by atoms with Gasteiger partial charge in [0.25, 0.3) is 0 Å². The maximum Gasteiger partial charge on any atom is 0.244 e. The van der Waals surface area contributed by atoms with Gasteiger partial charge in [0, 0.05) is 25.7 Å². The van der Waals surface area contributed by atoms with Crippen molar-refractivity contribution in [3.8, 4) is 5.75 Å². The second-order valence-corrected chi connectivity index (χ2v) is 8.26. The number of fused-ring (bicyclic) bond motifs is 1. The fourth-order valence-electron chi connectivity index (χ4n) is 2.90. The Morgan fingerprint density at radius 2 is 2.19 bits per heavy atom. The lowest BCUT2D eigenvalue weighted by atomic mass is 10.0. The fourth-order valence-corrected chi connectivity index (χ4v) is 4.23. The molecule has 2 aromatic rings. The van der Waals surface area contributed by atoms with E-state index >= 15 is 0 Å². The van der Waals surface area contributed by atoms with Crippen LogP contribution < -0.4 is 10.1 Å². The molecule has 1 aliphatic heterocycles. The van der Waals surface area contributed by atoms with Gasteiger partial charge in [0.2, 0.25) is 15.9 Å². The highest BCUT2D eigenvalue weighted by atomic mass is 32.2. The normalized spacial score (nSPS) is 14.9. The van der Waals surface area contributed by atoms with Crippen molar-refractivity contribution in [2.75, 3.05) is 26.0 Å². The molecule has 2 heterocycles. The molecule has 0 atom stereocenters. The average Bonchev–Trinajstić information content (AvgIpc) is 3.19. The summed E-state index contributed by atoms with van der Waals surface area (Å²) in [6.45, 7) is 0.818. The highest BCUT2D eigenvalue weighted by Crippen LogP contribution is 2.25. The summed E-state index contributed by atoms with van der Waals surface area (Å²) in [5.41, 5.74) is 2.09. The smallest absolute Gasteiger partial charge is 0.244 e. The molecule has 0 aliphatic carbocycles. The van der Waals surface area contributed by atoms with Gasteiger partial charge in [-0.15, -0.1) is 0 Å². The molecule has 1 aromatic heterocycles. The first-order valence-electron chi connectivity index (χ1n) is 8.61. The number of amides is 1. The molecule has 0 bridgehead atoms. The van der Waals surface area contributed by atoms with Crippen molar-refractivity contribution in [3.05, 3.63) is 59.6 Å². The summed E-state index contributed by atoms with van der Waals surface area (Å²) in [5.74, 6) is 0.827. The number of nitrogens with one attached hydrogen (secondary N) is 1. The zero-order valence-corrected chi connectivity index (χ0v) is 15.9. The van der Waals surface area contributed by atoms with Crippen LogP contribution in [0.1, 0.15) is 16.9 Å². The van der Waals surface area contributed by atoms with Gasteiger partial charge >= 0.3 is 0 Å². The zero-order valence-electron chi connectivity index (χ0n) is 15.1. The fraction of sp³-hybridized carbons (Fsp3) is 0.316. The quantitative estimate of drug-likeness (QED) is 0.729. The van der Waals surface area contributed by atoms with Gasteiger partial charge in [-0.2, -0.15) is 4.31 Å². The number of sulfonamides is 1. The van der Waals surface area contributed by atoms with Crippen LogP contribution in [0.3, 0.4) is 0 Å². The summed E-state index contributed by atoms with van der Waals surface area (Å²) in [6.07, 6.45) is 5.00. The van der Waals surface area contributed by atoms with Crippen LogP contribution in [0.15, 0.2) is 47.1 Å². The molecular formula is C19H22N2O5S. The summed E-state index contributed by atoms with van der Waals surface area (Å²) >= 11 is 0. The van der Waals surface area contributed by atoms with Crippen LogP contribution in [0.5, 0.6) is 5.75 Å². The zero-order chi connectivity index (χ0) is 19.3. The molecule has 1 N–H and O–H groups in total. The van der Waals surface area contributed by atoms with E-state index in [-0.39, 0.29) is 18.2 Å². The topological polar surface area (TPSA) is 88.9 Å². The second kappa shape index (κ2) is 8.41. The Hall–Kier alpha value is -2.58. The molecule has 144 valence electrons. The number of hydrogen-bond acceptors (Lipinski definition) is 5. The van der Waals surface area contributed by atoms with E-state index in [1.54, 1.807) is 19.2 Å². The summed E-state index contributed by atoms with van der Waals surface area (Å²) in [7, 11) is -1.84. The molecule has 0 fully saturated rings. The predicted octanol–water partition coefficient (Wildman–Crippen LogP) is 1.81. The Labute approximate surface area is 158 Å². The van der Waals surface area contributed by atoms with Crippen molar-refractivity contribution in [2.45, 2.75) is 13.0 Å². The molecule has 0 unspecified atom stereocenters. The van der Waals surface area contributed by atoms with Crippen LogP contribution in [0.2, 0.25) is 0 Å². The number of carbonyl (C=O) groups is 1. The van der Waals surface area contributed by atoms with Crippen LogP contribution in [-0.2, 0) is 27.8 Å². The van der Waals surface area contributed by atoms with Crippen LogP contribution in [-0.4, -0.2) is 44.6 Å². The third-order valence-corrected chi connectivity index (χ3v) is 6.20. The van der Waals surface area contributed by atoms with E-state index in [4.69, 9.17) is 9.15 Å². The molecule has 27 heavy (non-hydrogen) atoms. The Balaban J connectivity index is 1.52. The average molecular weight is 390 g/mol. The Morgan fingerprint density at radius 1 is 1.33 bits per heavy atom. The summed E-state index contributed by atoms with van der Waals surface area (Å²) in [6, 6.07) is 9.12. The van der Waals surface area contributed by atoms with E-state index in [1.807, 2.05) is 18.2 Å². The van der Waals surface area contributed by atoms with Crippen LogP contribution >= 0.6 is 0 Å². The van der Waals surface area contributed by atoms with Crippen molar-refractivity contribution in [2.24, 2.45) is 0 Å². The van der Waals surface area contributed by atoms with Crippen molar-refractivity contribution in [3.63, 3.8) is 0 Å². The molecule has 1 aromatic carbocycles. The maximum absolute atomic E-state index is 12.6. The number of ether oxygens (including phenoxy) is 1. The minimum Gasteiger partial charge on any atom is -0.497 e. The van der Waals surface area contributed by atoms with Gasteiger partial charge in [0.05, 0.1) is 19.1 Å². The SMILES string of the molecule is COc1ccc2c(c1)CCN(S(=O)(=O)CCNC(=O)/C=C/c1ccco1)C2. The first-order valence-corrected chi connectivity index (χ1v) is 10.2. The largest absolute Gasteiger partial charge is 0.497 e. The standard InChI is InChI=1S/C19H22N2O5S/c1-25-18-5-4-16-14-21(10-8-15(16)13-18)27(23,24)12-9-20-19(22)7-6-17-3-2-11-26-17/h2-7,11,13H,8-10,12,14H2,1H3,(H,20,22)/b7-6+. The van der Waals surface area contributed by atoms with Crippen LogP contribution in [0.4, 0.5) is 0 Å². The third kappa shape index (κ3) is 4.99. The molecule has 0 radical (unpaired) electrons. The predicted molar refractivity (Wildman–Crippen MR) is 102 cm³/mol. The molecule has 3 rings (SSSR count). The lowest BCUT2D eigenvalue weighted by Crippen LogP contribution is -2.40.